The molecule has 0 aromatic heterocycles. The number of aliphatic carboxylic acids is 1. The lowest BCUT2D eigenvalue weighted by molar-refractivity contribution is -0.136. The summed E-state index contributed by atoms with van der Waals surface area (Å²) in [6.07, 6.45) is -0.213. The Morgan fingerprint density at radius 2 is 2.05 bits per heavy atom. The highest BCUT2D eigenvalue weighted by Gasteiger charge is 2.14. The van der Waals surface area contributed by atoms with Crippen LogP contribution in [0.15, 0.2) is 18.2 Å². The number of hydrogen-bond donors (Lipinski definition) is 2. The fourth-order valence-corrected chi connectivity index (χ4v) is 1.39. The number of carbonyl (C=O) groups is 2. The molecule has 0 atom stereocenters. The van der Waals surface area contributed by atoms with Crippen LogP contribution in [-0.2, 0) is 4.79 Å². The van der Waals surface area contributed by atoms with Crippen molar-refractivity contribution in [3.63, 3.8) is 0 Å². The van der Waals surface area contributed by atoms with Crippen LogP contribution >= 0.6 is 0 Å². The third kappa shape index (κ3) is 4.71. The molecule has 1 aromatic rings. The molecule has 1 amide bonds. The molecule has 2 N–H and O–H groups in total. The Bertz CT molecular complexity index is 493. The molecular weight excluding hydrogens is 276 g/mol. The average Bonchev–Trinajstić information content (AvgIpc) is 2.37. The predicted molar refractivity (Wildman–Crippen MR) is 64.2 cm³/mol. The summed E-state index contributed by atoms with van der Waals surface area (Å²) in [7, 11) is 1.25. The molecule has 1 aromatic carbocycles. The van der Waals surface area contributed by atoms with Crippen molar-refractivity contribution in [2.24, 2.45) is 0 Å². The van der Waals surface area contributed by atoms with Crippen molar-refractivity contribution in [1.82, 2.24) is 5.32 Å². The van der Waals surface area contributed by atoms with E-state index in [1.165, 1.54) is 25.3 Å². The Kier molecular flexibility index (Phi) is 5.70. The van der Waals surface area contributed by atoms with Gasteiger partial charge in [0.2, 0.25) is 0 Å². The van der Waals surface area contributed by atoms with Crippen molar-refractivity contribution >= 4 is 11.9 Å². The van der Waals surface area contributed by atoms with Gasteiger partial charge in [-0.15, -0.1) is 0 Å². The van der Waals surface area contributed by atoms with Crippen LogP contribution in [0.1, 0.15) is 16.8 Å². The summed E-state index contributed by atoms with van der Waals surface area (Å²) in [5, 5.41) is 10.8. The Morgan fingerprint density at radius 3 is 2.60 bits per heavy atom. The van der Waals surface area contributed by atoms with Crippen molar-refractivity contribution in [3.8, 4) is 11.5 Å². The maximum atomic E-state index is 12.1. The first-order valence-corrected chi connectivity index (χ1v) is 5.57. The predicted octanol–water partition coefficient (Wildman–Crippen LogP) is 1.50. The zero-order valence-corrected chi connectivity index (χ0v) is 10.6. The van der Waals surface area contributed by atoms with Gasteiger partial charge in [-0.25, -0.2) is 0 Å². The first-order valence-electron chi connectivity index (χ1n) is 5.57. The van der Waals surface area contributed by atoms with E-state index in [0.717, 1.165) is 0 Å². The second kappa shape index (κ2) is 7.27. The van der Waals surface area contributed by atoms with Crippen LogP contribution in [0.3, 0.4) is 0 Å². The topological polar surface area (TPSA) is 84.9 Å². The molecule has 0 aliphatic rings. The van der Waals surface area contributed by atoms with Gasteiger partial charge in [0.1, 0.15) is 0 Å². The summed E-state index contributed by atoms with van der Waals surface area (Å²) in [5.41, 5.74) is 0.147. The van der Waals surface area contributed by atoms with Crippen molar-refractivity contribution in [2.45, 2.75) is 13.0 Å². The van der Waals surface area contributed by atoms with Gasteiger partial charge in [0.05, 0.1) is 13.5 Å². The third-order valence-corrected chi connectivity index (χ3v) is 2.27. The van der Waals surface area contributed by atoms with Crippen LogP contribution in [0.25, 0.3) is 0 Å². The Hall–Kier alpha value is -2.38. The van der Waals surface area contributed by atoms with Gasteiger partial charge in [-0.05, 0) is 18.2 Å². The SMILES string of the molecule is COc1cc(C(=O)NCCC(=O)O)ccc1OC(F)F. The quantitative estimate of drug-likeness (QED) is 0.794. The van der Waals surface area contributed by atoms with Gasteiger partial charge in [0, 0.05) is 12.1 Å². The van der Waals surface area contributed by atoms with Crippen molar-refractivity contribution in [2.75, 3.05) is 13.7 Å². The van der Waals surface area contributed by atoms with Crippen LogP contribution in [0.4, 0.5) is 8.78 Å². The van der Waals surface area contributed by atoms with E-state index >= 15 is 0 Å². The highest BCUT2D eigenvalue weighted by atomic mass is 19.3. The number of hydrogen-bond acceptors (Lipinski definition) is 4. The molecule has 0 bridgehead atoms. The lowest BCUT2D eigenvalue weighted by atomic mass is 10.2. The van der Waals surface area contributed by atoms with E-state index in [9.17, 15) is 18.4 Å². The lowest BCUT2D eigenvalue weighted by Crippen LogP contribution is -2.26. The molecule has 0 fully saturated rings. The zero-order chi connectivity index (χ0) is 15.1. The molecule has 0 radical (unpaired) electrons. The van der Waals surface area contributed by atoms with Gasteiger partial charge in [0.25, 0.3) is 5.91 Å². The molecule has 0 saturated carbocycles. The summed E-state index contributed by atoms with van der Waals surface area (Å²) < 4.78 is 33.3. The van der Waals surface area contributed by atoms with Gasteiger partial charge < -0.3 is 19.9 Å². The number of rotatable bonds is 7. The molecule has 110 valence electrons. The molecule has 1 rings (SSSR count). The van der Waals surface area contributed by atoms with Crippen molar-refractivity contribution in [1.29, 1.82) is 0 Å². The minimum Gasteiger partial charge on any atom is -0.493 e. The standard InChI is InChI=1S/C12H13F2NO5/c1-19-9-6-7(2-3-8(9)20-12(13)14)11(18)15-5-4-10(16)17/h2-3,6,12H,4-5H2,1H3,(H,15,18)(H,16,17). The maximum absolute atomic E-state index is 12.1. The average molecular weight is 289 g/mol. The van der Waals surface area contributed by atoms with E-state index in [1.54, 1.807) is 0 Å². The second-order valence-electron chi connectivity index (χ2n) is 3.64. The zero-order valence-electron chi connectivity index (χ0n) is 10.6. The largest absolute Gasteiger partial charge is 0.493 e. The van der Waals surface area contributed by atoms with Crippen LogP contribution in [0.5, 0.6) is 11.5 Å². The molecule has 0 saturated heterocycles. The molecule has 20 heavy (non-hydrogen) atoms. The van der Waals surface area contributed by atoms with E-state index < -0.39 is 18.5 Å². The Morgan fingerprint density at radius 1 is 1.35 bits per heavy atom. The van der Waals surface area contributed by atoms with Crippen LogP contribution in [-0.4, -0.2) is 37.2 Å². The van der Waals surface area contributed by atoms with Gasteiger partial charge in [0.15, 0.2) is 11.5 Å². The number of nitrogens with one attached hydrogen (secondary N) is 1. The summed E-state index contributed by atoms with van der Waals surface area (Å²) in [4.78, 5) is 22.0. The number of carbonyl (C=O) groups excluding carboxylic acids is 1. The summed E-state index contributed by atoms with van der Waals surface area (Å²) in [6, 6.07) is 3.68. The molecular formula is C12H13F2NO5. The highest BCUT2D eigenvalue weighted by molar-refractivity contribution is 5.95. The number of ether oxygens (including phenoxy) is 2. The number of methoxy groups -OCH3 is 1. The van der Waals surface area contributed by atoms with Gasteiger partial charge >= 0.3 is 12.6 Å². The monoisotopic (exact) mass is 289 g/mol. The maximum Gasteiger partial charge on any atom is 0.387 e. The number of alkyl halides is 2. The lowest BCUT2D eigenvalue weighted by Gasteiger charge is -2.11. The van der Waals surface area contributed by atoms with Crippen molar-refractivity contribution < 1.29 is 33.0 Å². The van der Waals surface area contributed by atoms with Gasteiger partial charge in [-0.3, -0.25) is 9.59 Å². The second-order valence-corrected chi connectivity index (χ2v) is 3.64. The molecule has 0 spiro atoms. The van der Waals surface area contributed by atoms with E-state index in [0.29, 0.717) is 0 Å². The minimum atomic E-state index is -3.00. The van der Waals surface area contributed by atoms with E-state index in [2.05, 4.69) is 10.1 Å². The third-order valence-electron chi connectivity index (χ3n) is 2.27. The fourth-order valence-electron chi connectivity index (χ4n) is 1.39. The number of amides is 1. The van der Waals surface area contributed by atoms with Gasteiger partial charge in [-0.1, -0.05) is 0 Å². The molecule has 8 heteroatoms. The summed E-state index contributed by atoms with van der Waals surface area (Å²) >= 11 is 0. The van der Waals surface area contributed by atoms with Gasteiger partial charge in [-0.2, -0.15) is 8.78 Å². The van der Waals surface area contributed by atoms with Crippen molar-refractivity contribution in [3.05, 3.63) is 23.8 Å². The minimum absolute atomic E-state index is 0.0174. The van der Waals surface area contributed by atoms with E-state index in [1.807, 2.05) is 0 Å². The van der Waals surface area contributed by atoms with Crippen LogP contribution < -0.4 is 14.8 Å². The molecule has 0 heterocycles. The van der Waals surface area contributed by atoms with E-state index in [-0.39, 0.29) is 30.0 Å². The Labute approximate surface area is 113 Å². The first kappa shape index (κ1) is 15.7. The number of carboxylic acid groups (broad SMARTS) is 1. The number of halogens is 2. The molecule has 0 aliphatic carbocycles. The number of benzene rings is 1. The molecule has 0 aliphatic heterocycles. The Balaban J connectivity index is 2.76. The first-order chi connectivity index (χ1) is 9.43. The fraction of sp³-hybridized carbons (Fsp3) is 0.333. The normalized spacial score (nSPS) is 10.2. The smallest absolute Gasteiger partial charge is 0.387 e. The van der Waals surface area contributed by atoms with Crippen LogP contribution in [0, 0.1) is 0 Å². The van der Waals surface area contributed by atoms with Crippen LogP contribution in [0.2, 0.25) is 0 Å². The summed E-state index contributed by atoms with van der Waals surface area (Å²) in [6.45, 7) is -3.04. The number of carboxylic acids is 1. The molecule has 0 unspecified atom stereocenters. The highest BCUT2D eigenvalue weighted by Crippen LogP contribution is 2.29. The summed E-state index contributed by atoms with van der Waals surface area (Å²) in [5.74, 6) is -1.78. The van der Waals surface area contributed by atoms with E-state index in [4.69, 9.17) is 9.84 Å². The molecule has 6 nitrogen and oxygen atoms in total.